The highest BCUT2D eigenvalue weighted by molar-refractivity contribution is 7.90. The number of ether oxygens (including phenoxy) is 1. The lowest BCUT2D eigenvalue weighted by Crippen LogP contribution is -2.41. The summed E-state index contributed by atoms with van der Waals surface area (Å²) in [6, 6.07) is 7.69. The number of rotatable bonds is 5. The smallest absolute Gasteiger partial charge is 0.147 e. The molecule has 1 aliphatic heterocycles. The fraction of sp³-hybridized carbons (Fsp3) is 0.500. The second kappa shape index (κ2) is 5.26. The van der Waals surface area contributed by atoms with Crippen LogP contribution in [0.25, 0.3) is 0 Å². The summed E-state index contributed by atoms with van der Waals surface area (Å²) >= 11 is 0. The number of hydrogen-bond acceptors (Lipinski definition) is 5. The van der Waals surface area contributed by atoms with Crippen molar-refractivity contribution in [2.75, 3.05) is 18.6 Å². The molecule has 0 fully saturated rings. The molecule has 0 spiro atoms. The second-order valence-electron chi connectivity index (χ2n) is 4.65. The van der Waals surface area contributed by atoms with Crippen LogP contribution in [0.2, 0.25) is 0 Å². The molecule has 18 heavy (non-hydrogen) atoms. The molecule has 0 aliphatic carbocycles. The van der Waals surface area contributed by atoms with Crippen LogP contribution in [0.5, 0.6) is 5.75 Å². The average Bonchev–Trinajstić information content (AvgIpc) is 2.73. The van der Waals surface area contributed by atoms with Crippen LogP contribution >= 0.6 is 0 Å². The maximum Gasteiger partial charge on any atom is 0.147 e. The van der Waals surface area contributed by atoms with E-state index in [9.17, 15) is 8.42 Å². The van der Waals surface area contributed by atoms with Crippen LogP contribution in [0.1, 0.15) is 17.9 Å². The maximum absolute atomic E-state index is 11.2. The van der Waals surface area contributed by atoms with E-state index in [4.69, 9.17) is 10.6 Å². The Kier molecular flexibility index (Phi) is 3.89. The van der Waals surface area contributed by atoms with Gasteiger partial charge in [-0.2, -0.15) is 0 Å². The third-order valence-corrected chi connectivity index (χ3v) is 4.21. The van der Waals surface area contributed by atoms with Crippen molar-refractivity contribution in [2.45, 2.75) is 18.4 Å². The normalized spacial score (nSPS) is 20.2. The van der Waals surface area contributed by atoms with Gasteiger partial charge in [-0.05, 0) is 12.5 Å². The first-order valence-electron chi connectivity index (χ1n) is 5.87. The van der Waals surface area contributed by atoms with Crippen molar-refractivity contribution in [3.63, 3.8) is 0 Å². The zero-order valence-electron chi connectivity index (χ0n) is 10.3. The zero-order valence-corrected chi connectivity index (χ0v) is 11.1. The van der Waals surface area contributed by atoms with Gasteiger partial charge in [0.2, 0.25) is 0 Å². The van der Waals surface area contributed by atoms with Gasteiger partial charge >= 0.3 is 0 Å². The van der Waals surface area contributed by atoms with E-state index in [1.54, 1.807) is 0 Å². The molecule has 5 nitrogen and oxygen atoms in total. The molecule has 0 saturated heterocycles. The van der Waals surface area contributed by atoms with Crippen molar-refractivity contribution in [3.05, 3.63) is 29.8 Å². The lowest BCUT2D eigenvalue weighted by atomic mass is 9.92. The van der Waals surface area contributed by atoms with E-state index in [2.05, 4.69) is 5.43 Å². The van der Waals surface area contributed by atoms with Gasteiger partial charge in [-0.3, -0.25) is 11.3 Å². The molecule has 2 unspecified atom stereocenters. The lowest BCUT2D eigenvalue weighted by Gasteiger charge is -2.21. The Balaban J connectivity index is 2.11. The SMILES string of the molecule is CS(=O)(=O)CCC(NN)C1COc2ccccc21. The highest BCUT2D eigenvalue weighted by Gasteiger charge is 2.30. The molecule has 100 valence electrons. The number of hydrogen-bond donors (Lipinski definition) is 2. The molecule has 1 heterocycles. The summed E-state index contributed by atoms with van der Waals surface area (Å²) in [4.78, 5) is 0. The Morgan fingerprint density at radius 1 is 1.50 bits per heavy atom. The number of benzene rings is 1. The van der Waals surface area contributed by atoms with Gasteiger partial charge in [0.1, 0.15) is 15.6 Å². The molecule has 1 aromatic rings. The molecule has 1 aliphatic rings. The highest BCUT2D eigenvalue weighted by atomic mass is 32.2. The van der Waals surface area contributed by atoms with Crippen LogP contribution in [0.15, 0.2) is 24.3 Å². The molecule has 0 radical (unpaired) electrons. The van der Waals surface area contributed by atoms with E-state index >= 15 is 0 Å². The van der Waals surface area contributed by atoms with Crippen LogP contribution in [0.3, 0.4) is 0 Å². The van der Waals surface area contributed by atoms with Crippen LogP contribution < -0.4 is 16.0 Å². The van der Waals surface area contributed by atoms with Crippen LogP contribution in [0.4, 0.5) is 0 Å². The molecule has 2 atom stereocenters. The van der Waals surface area contributed by atoms with Crippen molar-refractivity contribution < 1.29 is 13.2 Å². The van der Waals surface area contributed by atoms with E-state index in [1.165, 1.54) is 6.26 Å². The summed E-state index contributed by atoms with van der Waals surface area (Å²) in [6.45, 7) is 0.540. The average molecular weight is 270 g/mol. The minimum atomic E-state index is -2.97. The molecule has 0 bridgehead atoms. The minimum Gasteiger partial charge on any atom is -0.493 e. The van der Waals surface area contributed by atoms with E-state index in [-0.39, 0.29) is 17.7 Å². The fourth-order valence-electron chi connectivity index (χ4n) is 2.26. The Labute approximate surface area is 107 Å². The predicted molar refractivity (Wildman–Crippen MR) is 70.1 cm³/mol. The van der Waals surface area contributed by atoms with Crippen LogP contribution in [-0.4, -0.2) is 33.1 Å². The fourth-order valence-corrected chi connectivity index (χ4v) is 2.94. The second-order valence-corrected chi connectivity index (χ2v) is 6.91. The molecule has 1 aromatic carbocycles. The molecule has 0 saturated carbocycles. The Hall–Kier alpha value is -1.11. The summed E-state index contributed by atoms with van der Waals surface area (Å²) in [6.07, 6.45) is 1.72. The van der Waals surface area contributed by atoms with Crippen LogP contribution in [0, 0.1) is 0 Å². The van der Waals surface area contributed by atoms with Crippen molar-refractivity contribution in [1.29, 1.82) is 0 Å². The van der Waals surface area contributed by atoms with Crippen molar-refractivity contribution >= 4 is 9.84 Å². The molecule has 3 N–H and O–H groups in total. The van der Waals surface area contributed by atoms with E-state index in [0.29, 0.717) is 13.0 Å². The number of sulfone groups is 1. The standard InChI is InChI=1S/C12H18N2O3S/c1-18(15,16)7-6-11(14-13)10-8-17-12-5-3-2-4-9(10)12/h2-5,10-11,14H,6-8,13H2,1H3. The molecule has 0 amide bonds. The van der Waals surface area contributed by atoms with Crippen LogP contribution in [-0.2, 0) is 9.84 Å². The van der Waals surface area contributed by atoms with E-state index < -0.39 is 9.84 Å². The van der Waals surface area contributed by atoms with E-state index in [0.717, 1.165) is 11.3 Å². The molecule has 2 rings (SSSR count). The Morgan fingerprint density at radius 3 is 2.89 bits per heavy atom. The van der Waals surface area contributed by atoms with Gasteiger partial charge in [-0.15, -0.1) is 0 Å². The van der Waals surface area contributed by atoms with Gasteiger partial charge in [-0.1, -0.05) is 18.2 Å². The minimum absolute atomic E-state index is 0.0941. The summed E-state index contributed by atoms with van der Waals surface area (Å²) in [7, 11) is -2.97. The first kappa shape index (κ1) is 13.3. The number of hydrazine groups is 1. The third kappa shape index (κ3) is 3.01. The van der Waals surface area contributed by atoms with Crippen molar-refractivity contribution in [1.82, 2.24) is 5.43 Å². The number of para-hydroxylation sites is 1. The van der Waals surface area contributed by atoms with Gasteiger partial charge in [0.15, 0.2) is 0 Å². The maximum atomic E-state index is 11.2. The molecular weight excluding hydrogens is 252 g/mol. The summed E-state index contributed by atoms with van der Waals surface area (Å²) in [5, 5.41) is 0. The molecular formula is C12H18N2O3S. The van der Waals surface area contributed by atoms with Gasteiger partial charge in [0.05, 0.1) is 12.4 Å². The topological polar surface area (TPSA) is 81.4 Å². The molecule has 6 heteroatoms. The largest absolute Gasteiger partial charge is 0.493 e. The van der Waals surface area contributed by atoms with Gasteiger partial charge in [-0.25, -0.2) is 8.42 Å². The molecule has 0 aromatic heterocycles. The van der Waals surface area contributed by atoms with Gasteiger partial charge in [0, 0.05) is 23.8 Å². The predicted octanol–water partition coefficient (Wildman–Crippen LogP) is 0.429. The number of nitrogens with one attached hydrogen (secondary N) is 1. The number of nitrogens with two attached hydrogens (primary N) is 1. The summed E-state index contributed by atoms with van der Waals surface area (Å²) in [5.41, 5.74) is 3.80. The highest BCUT2D eigenvalue weighted by Crippen LogP contribution is 2.36. The quantitative estimate of drug-likeness (QED) is 0.599. The summed E-state index contributed by atoms with van der Waals surface area (Å²) in [5.74, 6) is 6.63. The van der Waals surface area contributed by atoms with Gasteiger partial charge in [0.25, 0.3) is 0 Å². The monoisotopic (exact) mass is 270 g/mol. The first-order chi connectivity index (χ1) is 8.51. The first-order valence-corrected chi connectivity index (χ1v) is 7.93. The number of fused-ring (bicyclic) bond motifs is 1. The lowest BCUT2D eigenvalue weighted by molar-refractivity contribution is 0.296. The Morgan fingerprint density at radius 2 is 2.22 bits per heavy atom. The zero-order chi connectivity index (χ0) is 13.2. The third-order valence-electron chi connectivity index (χ3n) is 3.24. The van der Waals surface area contributed by atoms with Crippen molar-refractivity contribution in [2.24, 2.45) is 5.84 Å². The van der Waals surface area contributed by atoms with Gasteiger partial charge < -0.3 is 4.74 Å². The van der Waals surface area contributed by atoms with E-state index in [1.807, 2.05) is 24.3 Å². The van der Waals surface area contributed by atoms with Crippen molar-refractivity contribution in [3.8, 4) is 5.75 Å². The Bertz CT molecular complexity index is 516. The summed E-state index contributed by atoms with van der Waals surface area (Å²) < 4.78 is 28.0.